The molecule has 0 amide bonds. The van der Waals surface area contributed by atoms with Gasteiger partial charge in [-0.3, -0.25) is 0 Å². The van der Waals surface area contributed by atoms with Crippen LogP contribution in [-0.2, 0) is 11.3 Å². The predicted molar refractivity (Wildman–Crippen MR) is 109 cm³/mol. The average Bonchev–Trinajstić information content (AvgIpc) is 3.32. The van der Waals surface area contributed by atoms with Crippen molar-refractivity contribution < 1.29 is 4.74 Å². The standard InChI is InChI=1S/C21H30N4O.ClH/c1-26-19-12-11-17(13-18(19)22)21-23-20(16-9-5-6-10-16)24-25(21)14-15-7-3-2-4-8-15;/h2-4,7-8,16-19H,5-6,9-14,22H2,1H3;1H/t17-,18+,19+;/m0./s1. The molecule has 1 aromatic heterocycles. The second-order valence-corrected chi connectivity index (χ2v) is 7.90. The lowest BCUT2D eigenvalue weighted by Crippen LogP contribution is -2.41. The van der Waals surface area contributed by atoms with Gasteiger partial charge in [-0.25, -0.2) is 9.67 Å². The lowest BCUT2D eigenvalue weighted by molar-refractivity contribution is 0.0480. The first-order valence-corrected chi connectivity index (χ1v) is 10.0. The fourth-order valence-electron chi connectivity index (χ4n) is 4.61. The number of rotatable bonds is 5. The number of halogens is 1. The largest absolute Gasteiger partial charge is 0.380 e. The molecule has 2 saturated carbocycles. The van der Waals surface area contributed by atoms with E-state index in [-0.39, 0.29) is 24.6 Å². The van der Waals surface area contributed by atoms with E-state index in [4.69, 9.17) is 20.6 Å². The number of nitrogens with two attached hydrogens (primary N) is 1. The summed E-state index contributed by atoms with van der Waals surface area (Å²) >= 11 is 0. The molecule has 2 N–H and O–H groups in total. The maximum Gasteiger partial charge on any atom is 0.154 e. The molecule has 4 rings (SSSR count). The van der Waals surface area contributed by atoms with Gasteiger partial charge >= 0.3 is 0 Å². The molecule has 0 aliphatic heterocycles. The van der Waals surface area contributed by atoms with Gasteiger partial charge in [0.2, 0.25) is 0 Å². The molecule has 6 heteroatoms. The molecule has 0 bridgehead atoms. The summed E-state index contributed by atoms with van der Waals surface area (Å²) in [6.45, 7) is 0.787. The van der Waals surface area contributed by atoms with Gasteiger partial charge in [-0.1, -0.05) is 43.2 Å². The Morgan fingerprint density at radius 2 is 1.81 bits per heavy atom. The van der Waals surface area contributed by atoms with Crippen LogP contribution in [0.4, 0.5) is 0 Å². The Labute approximate surface area is 168 Å². The molecule has 2 aliphatic rings. The Hall–Kier alpha value is -1.43. The molecular weight excluding hydrogens is 360 g/mol. The van der Waals surface area contributed by atoms with Gasteiger partial charge < -0.3 is 10.5 Å². The maximum absolute atomic E-state index is 6.37. The van der Waals surface area contributed by atoms with Crippen LogP contribution in [0.15, 0.2) is 30.3 Å². The Morgan fingerprint density at radius 3 is 2.48 bits per heavy atom. The van der Waals surface area contributed by atoms with Crippen LogP contribution in [0.5, 0.6) is 0 Å². The molecule has 1 heterocycles. The van der Waals surface area contributed by atoms with Crippen molar-refractivity contribution in [2.75, 3.05) is 7.11 Å². The van der Waals surface area contributed by atoms with E-state index in [2.05, 4.69) is 35.0 Å². The van der Waals surface area contributed by atoms with Crippen molar-refractivity contribution in [3.8, 4) is 0 Å². The predicted octanol–water partition coefficient (Wildman–Crippen LogP) is 4.02. The minimum atomic E-state index is 0. The Balaban J connectivity index is 0.00000210. The van der Waals surface area contributed by atoms with Crippen LogP contribution < -0.4 is 5.73 Å². The van der Waals surface area contributed by atoms with Gasteiger partial charge in [-0.2, -0.15) is 5.10 Å². The van der Waals surface area contributed by atoms with E-state index in [9.17, 15) is 0 Å². The van der Waals surface area contributed by atoms with Gasteiger partial charge in [-0.15, -0.1) is 12.4 Å². The summed E-state index contributed by atoms with van der Waals surface area (Å²) in [5.74, 6) is 3.09. The summed E-state index contributed by atoms with van der Waals surface area (Å²) in [7, 11) is 1.76. The molecule has 3 atom stereocenters. The van der Waals surface area contributed by atoms with Gasteiger partial charge in [-0.05, 0) is 37.7 Å². The van der Waals surface area contributed by atoms with Crippen molar-refractivity contribution in [3.63, 3.8) is 0 Å². The Kier molecular flexibility index (Phi) is 6.90. The van der Waals surface area contributed by atoms with Crippen LogP contribution in [0.1, 0.15) is 74.0 Å². The molecule has 148 valence electrons. The topological polar surface area (TPSA) is 66.0 Å². The van der Waals surface area contributed by atoms with Gasteiger partial charge in [0.25, 0.3) is 0 Å². The summed E-state index contributed by atoms with van der Waals surface area (Å²) in [4.78, 5) is 5.05. The van der Waals surface area contributed by atoms with Crippen LogP contribution in [-0.4, -0.2) is 34.0 Å². The number of ether oxygens (including phenoxy) is 1. The van der Waals surface area contributed by atoms with Crippen LogP contribution in [0.2, 0.25) is 0 Å². The number of methoxy groups -OCH3 is 1. The lowest BCUT2D eigenvalue weighted by atomic mass is 9.83. The second-order valence-electron chi connectivity index (χ2n) is 7.90. The van der Waals surface area contributed by atoms with E-state index in [1.54, 1.807) is 7.11 Å². The van der Waals surface area contributed by atoms with E-state index in [0.717, 1.165) is 37.5 Å². The molecule has 1 aromatic carbocycles. The van der Waals surface area contributed by atoms with Crippen molar-refractivity contribution in [1.82, 2.24) is 14.8 Å². The first-order valence-electron chi connectivity index (χ1n) is 10.0. The van der Waals surface area contributed by atoms with E-state index >= 15 is 0 Å². The number of benzene rings is 1. The SMILES string of the molecule is CO[C@@H]1CC[C@H](c2nc(C3CCCC3)nn2Cc2ccccc2)C[C@H]1N.Cl. The Bertz CT molecular complexity index is 714. The molecule has 0 radical (unpaired) electrons. The average molecular weight is 391 g/mol. The quantitative estimate of drug-likeness (QED) is 0.837. The highest BCUT2D eigenvalue weighted by atomic mass is 35.5. The van der Waals surface area contributed by atoms with Gasteiger partial charge in [0.15, 0.2) is 5.82 Å². The van der Waals surface area contributed by atoms with Crippen LogP contribution in [0.3, 0.4) is 0 Å². The van der Waals surface area contributed by atoms with Gasteiger partial charge in [0.1, 0.15) is 5.82 Å². The number of nitrogens with zero attached hydrogens (tertiary/aromatic N) is 3. The molecule has 0 unspecified atom stereocenters. The van der Waals surface area contributed by atoms with Crippen molar-refractivity contribution in [2.24, 2.45) is 5.73 Å². The summed E-state index contributed by atoms with van der Waals surface area (Å²) in [6, 6.07) is 10.6. The van der Waals surface area contributed by atoms with Crippen molar-refractivity contribution in [2.45, 2.75) is 75.5 Å². The number of hydrogen-bond acceptors (Lipinski definition) is 4. The first-order chi connectivity index (χ1) is 12.7. The fraction of sp³-hybridized carbons (Fsp3) is 0.619. The van der Waals surface area contributed by atoms with Crippen molar-refractivity contribution in [1.29, 1.82) is 0 Å². The third-order valence-electron chi connectivity index (χ3n) is 6.11. The van der Waals surface area contributed by atoms with Crippen LogP contribution in [0.25, 0.3) is 0 Å². The van der Waals surface area contributed by atoms with Gasteiger partial charge in [0.05, 0.1) is 12.6 Å². The molecular formula is C21H31ClN4O. The summed E-state index contributed by atoms with van der Waals surface area (Å²) in [6.07, 6.45) is 8.23. The molecule has 2 fully saturated rings. The normalized spacial score (nSPS) is 26.1. The van der Waals surface area contributed by atoms with E-state index in [1.165, 1.54) is 31.2 Å². The molecule has 2 aliphatic carbocycles. The van der Waals surface area contributed by atoms with Crippen LogP contribution in [0, 0.1) is 0 Å². The zero-order valence-corrected chi connectivity index (χ0v) is 16.9. The third-order valence-corrected chi connectivity index (χ3v) is 6.11. The summed E-state index contributed by atoms with van der Waals surface area (Å²) in [5.41, 5.74) is 7.64. The smallest absolute Gasteiger partial charge is 0.154 e. The number of hydrogen-bond donors (Lipinski definition) is 1. The zero-order valence-electron chi connectivity index (χ0n) is 16.1. The lowest BCUT2D eigenvalue weighted by Gasteiger charge is -2.32. The highest BCUT2D eigenvalue weighted by Crippen LogP contribution is 2.36. The van der Waals surface area contributed by atoms with E-state index < -0.39 is 0 Å². The molecule has 0 saturated heterocycles. The monoisotopic (exact) mass is 390 g/mol. The fourth-order valence-corrected chi connectivity index (χ4v) is 4.61. The van der Waals surface area contributed by atoms with Gasteiger partial charge in [0, 0.05) is 25.0 Å². The van der Waals surface area contributed by atoms with Crippen molar-refractivity contribution >= 4 is 12.4 Å². The first kappa shape index (κ1) is 20.3. The molecule has 5 nitrogen and oxygen atoms in total. The second kappa shape index (κ2) is 9.18. The zero-order chi connectivity index (χ0) is 17.9. The maximum atomic E-state index is 6.37. The van der Waals surface area contributed by atoms with Crippen molar-refractivity contribution in [3.05, 3.63) is 47.5 Å². The molecule has 2 aromatic rings. The summed E-state index contributed by atoms with van der Waals surface area (Å²) < 4.78 is 7.68. The van der Waals surface area contributed by atoms with E-state index in [0.29, 0.717) is 11.8 Å². The highest BCUT2D eigenvalue weighted by molar-refractivity contribution is 5.85. The third kappa shape index (κ3) is 4.53. The summed E-state index contributed by atoms with van der Waals surface area (Å²) in [5, 5.41) is 4.96. The van der Waals surface area contributed by atoms with E-state index in [1.807, 2.05) is 0 Å². The Morgan fingerprint density at radius 1 is 1.07 bits per heavy atom. The minimum absolute atomic E-state index is 0. The highest BCUT2D eigenvalue weighted by Gasteiger charge is 2.33. The minimum Gasteiger partial charge on any atom is -0.380 e. The molecule has 27 heavy (non-hydrogen) atoms. The number of aromatic nitrogens is 3. The molecule has 0 spiro atoms. The van der Waals surface area contributed by atoms with Crippen LogP contribution >= 0.6 is 12.4 Å².